The Hall–Kier alpha value is -2.68. The van der Waals surface area contributed by atoms with E-state index in [0.717, 1.165) is 31.1 Å². The lowest BCUT2D eigenvalue weighted by molar-refractivity contribution is -0.487. The van der Waals surface area contributed by atoms with Crippen LogP contribution in [-0.2, 0) is 20.2 Å². The zero-order chi connectivity index (χ0) is 23.3. The second-order valence-corrected chi connectivity index (χ2v) is 9.32. The predicted molar refractivity (Wildman–Crippen MR) is 104 cm³/mol. The summed E-state index contributed by atoms with van der Waals surface area (Å²) >= 11 is 0. The summed E-state index contributed by atoms with van der Waals surface area (Å²) in [5.41, 5.74) is 0.242. The third-order valence-corrected chi connectivity index (χ3v) is 5.19. The number of nitrogens with zero attached hydrogens (tertiary/aromatic N) is 2. The van der Waals surface area contributed by atoms with Crippen molar-refractivity contribution in [1.29, 1.82) is 0 Å². The molecule has 0 aliphatic heterocycles. The van der Waals surface area contributed by atoms with Crippen LogP contribution in [0.5, 0.6) is 0 Å². The van der Waals surface area contributed by atoms with Gasteiger partial charge >= 0.3 is 0 Å². The maximum Gasteiger partial charge on any atom is 0.298 e. The molecule has 2 aromatic heterocycles. The first-order chi connectivity index (χ1) is 13.7. The van der Waals surface area contributed by atoms with Crippen molar-refractivity contribution in [2.45, 2.75) is 43.5 Å². The van der Waals surface area contributed by atoms with E-state index in [1.807, 2.05) is 0 Å². The quantitative estimate of drug-likeness (QED) is 0.142. The third-order valence-electron chi connectivity index (χ3n) is 3.49. The SMILES string of the molecule is CC(C)C(=NO)c1cc(S(=O)(=O)O)co1.CC(C)[N+]([O-])=Cc1cocc1S(=O)(=O)O. The maximum atomic E-state index is 11.2. The predicted octanol–water partition coefficient (Wildman–Crippen LogP) is 2.22. The maximum absolute atomic E-state index is 11.2. The van der Waals surface area contributed by atoms with E-state index in [0.29, 0.717) is 4.74 Å². The van der Waals surface area contributed by atoms with E-state index in [1.165, 1.54) is 0 Å². The summed E-state index contributed by atoms with van der Waals surface area (Å²) in [6, 6.07) is 0.777. The van der Waals surface area contributed by atoms with Gasteiger partial charge in [0.15, 0.2) is 18.0 Å². The number of hydrogen-bond acceptors (Lipinski definition) is 9. The standard InChI is InChI=1S/2C8H11NO5S/c1-6(2)9(10)3-7-4-14-5-8(7)15(11,12)13;1-5(2)8(9-10)7-3-6(4-14-7)15(11,12)13/h3-6H,1-2H3,(H,11,12,13);3-5,10H,1-2H3,(H,11,12,13). The smallest absolute Gasteiger partial charge is 0.298 e. The summed E-state index contributed by atoms with van der Waals surface area (Å²) in [5, 5.41) is 22.9. The highest BCUT2D eigenvalue weighted by molar-refractivity contribution is 7.86. The molecule has 2 rings (SSSR count). The Morgan fingerprint density at radius 2 is 1.70 bits per heavy atom. The molecule has 0 aliphatic rings. The minimum atomic E-state index is -4.35. The van der Waals surface area contributed by atoms with Gasteiger partial charge in [-0.05, 0) is 13.8 Å². The van der Waals surface area contributed by atoms with E-state index in [9.17, 15) is 22.0 Å². The van der Waals surface area contributed by atoms with Crippen LogP contribution in [0.15, 0.2) is 48.6 Å². The molecule has 0 spiro atoms. The van der Waals surface area contributed by atoms with E-state index in [-0.39, 0.29) is 33.9 Å². The molecule has 0 aromatic carbocycles. The highest BCUT2D eigenvalue weighted by Gasteiger charge is 2.20. The van der Waals surface area contributed by atoms with Crippen molar-refractivity contribution in [2.75, 3.05) is 0 Å². The van der Waals surface area contributed by atoms with E-state index >= 15 is 0 Å². The van der Waals surface area contributed by atoms with Crippen molar-refractivity contribution in [3.05, 3.63) is 41.4 Å². The van der Waals surface area contributed by atoms with Crippen LogP contribution < -0.4 is 0 Å². The molecule has 12 nitrogen and oxygen atoms in total. The van der Waals surface area contributed by atoms with Crippen molar-refractivity contribution in [2.24, 2.45) is 11.1 Å². The van der Waals surface area contributed by atoms with Crippen LogP contribution in [0.4, 0.5) is 0 Å². The molecule has 0 radical (unpaired) electrons. The molecule has 168 valence electrons. The molecule has 0 saturated heterocycles. The van der Waals surface area contributed by atoms with Crippen molar-refractivity contribution >= 4 is 32.2 Å². The lowest BCUT2D eigenvalue weighted by atomic mass is 10.1. The Kier molecular flexibility index (Phi) is 8.35. The summed E-state index contributed by atoms with van der Waals surface area (Å²) in [4.78, 5) is -0.775. The van der Waals surface area contributed by atoms with Gasteiger partial charge in [0.25, 0.3) is 20.2 Å². The van der Waals surface area contributed by atoms with Gasteiger partial charge in [-0.1, -0.05) is 19.0 Å². The van der Waals surface area contributed by atoms with Crippen LogP contribution in [0.3, 0.4) is 0 Å². The van der Waals surface area contributed by atoms with E-state index in [2.05, 4.69) is 9.57 Å². The Labute approximate surface area is 173 Å². The van der Waals surface area contributed by atoms with Gasteiger partial charge in [0.1, 0.15) is 34.3 Å². The first-order valence-corrected chi connectivity index (χ1v) is 11.2. The molecular weight excluding hydrogens is 444 g/mol. The summed E-state index contributed by atoms with van der Waals surface area (Å²) in [7, 11) is -8.63. The molecule has 2 heterocycles. The van der Waals surface area contributed by atoms with Gasteiger partial charge in [-0.2, -0.15) is 16.8 Å². The number of furan rings is 2. The van der Waals surface area contributed by atoms with E-state index in [1.54, 1.807) is 27.7 Å². The van der Waals surface area contributed by atoms with E-state index < -0.39 is 25.1 Å². The minimum absolute atomic E-state index is 0.0289. The first kappa shape index (κ1) is 25.4. The molecule has 14 heteroatoms. The largest absolute Gasteiger partial charge is 0.624 e. The molecule has 2 aromatic rings. The summed E-state index contributed by atoms with van der Waals surface area (Å²) in [6.45, 7) is 6.81. The Morgan fingerprint density at radius 1 is 1.10 bits per heavy atom. The fourth-order valence-corrected chi connectivity index (χ4v) is 2.92. The zero-order valence-corrected chi connectivity index (χ0v) is 18.1. The fraction of sp³-hybridized carbons (Fsp3) is 0.375. The molecule has 30 heavy (non-hydrogen) atoms. The molecule has 0 bridgehead atoms. The van der Waals surface area contributed by atoms with Crippen LogP contribution in [0, 0.1) is 11.1 Å². The van der Waals surface area contributed by atoms with Crippen LogP contribution in [0.1, 0.15) is 39.0 Å². The Morgan fingerprint density at radius 3 is 2.10 bits per heavy atom. The lowest BCUT2D eigenvalue weighted by Crippen LogP contribution is -2.15. The Bertz CT molecular complexity index is 1120. The summed E-state index contributed by atoms with van der Waals surface area (Å²) in [5.74, 6) is -0.0180. The zero-order valence-electron chi connectivity index (χ0n) is 16.5. The number of rotatable bonds is 6. The average Bonchev–Trinajstić information content (AvgIpc) is 3.24. The van der Waals surface area contributed by atoms with Gasteiger partial charge in [0, 0.05) is 12.0 Å². The van der Waals surface area contributed by atoms with Crippen LogP contribution in [0.2, 0.25) is 0 Å². The summed E-state index contributed by atoms with van der Waals surface area (Å²) < 4.78 is 70.6. The van der Waals surface area contributed by atoms with Crippen molar-refractivity contribution in [1.82, 2.24) is 0 Å². The molecular formula is C16H22N2O10S2. The number of hydroxylamine groups is 1. The Balaban J connectivity index is 0.000000300. The van der Waals surface area contributed by atoms with Crippen molar-refractivity contribution in [3.63, 3.8) is 0 Å². The molecule has 0 fully saturated rings. The second kappa shape index (κ2) is 9.88. The third kappa shape index (κ3) is 6.98. The highest BCUT2D eigenvalue weighted by atomic mass is 32.2. The lowest BCUT2D eigenvalue weighted by Gasteiger charge is -2.06. The fourth-order valence-electron chi connectivity index (χ4n) is 1.92. The van der Waals surface area contributed by atoms with Gasteiger partial charge in [-0.3, -0.25) is 9.11 Å². The average molecular weight is 466 g/mol. The number of hydrogen-bond donors (Lipinski definition) is 3. The van der Waals surface area contributed by atoms with Gasteiger partial charge in [0.05, 0.1) is 5.56 Å². The van der Waals surface area contributed by atoms with Crippen LogP contribution in [-0.4, -0.2) is 53.9 Å². The molecule has 0 aliphatic carbocycles. The molecule has 0 amide bonds. The van der Waals surface area contributed by atoms with Crippen molar-refractivity contribution in [3.8, 4) is 0 Å². The van der Waals surface area contributed by atoms with Crippen LogP contribution in [0.25, 0.3) is 0 Å². The van der Waals surface area contributed by atoms with Gasteiger partial charge in [-0.25, -0.2) is 4.74 Å². The molecule has 0 unspecified atom stereocenters. The van der Waals surface area contributed by atoms with E-state index in [4.69, 9.17) is 18.7 Å². The minimum Gasteiger partial charge on any atom is -0.624 e. The topological polar surface area (TPSA) is 194 Å². The highest BCUT2D eigenvalue weighted by Crippen LogP contribution is 2.17. The summed E-state index contributed by atoms with van der Waals surface area (Å²) in [6.07, 6.45) is 3.89. The van der Waals surface area contributed by atoms with Crippen LogP contribution >= 0.6 is 0 Å². The molecule has 3 N–H and O–H groups in total. The second-order valence-electron chi connectivity index (χ2n) is 6.51. The monoisotopic (exact) mass is 466 g/mol. The normalized spacial score (nSPS) is 13.5. The van der Waals surface area contributed by atoms with Gasteiger partial charge in [0.2, 0.25) is 0 Å². The van der Waals surface area contributed by atoms with Crippen molar-refractivity contribution < 1.29 is 44.7 Å². The molecule has 0 atom stereocenters. The molecule has 0 saturated carbocycles. The van der Waals surface area contributed by atoms with Gasteiger partial charge < -0.3 is 19.2 Å². The number of oxime groups is 1. The first-order valence-electron chi connectivity index (χ1n) is 8.30. The van der Waals surface area contributed by atoms with Gasteiger partial charge in [-0.15, -0.1) is 0 Å².